The molecule has 0 aliphatic carbocycles. The van der Waals surface area contributed by atoms with Gasteiger partial charge >= 0.3 is 0 Å². The Morgan fingerprint density at radius 2 is 1.83 bits per heavy atom. The summed E-state index contributed by atoms with van der Waals surface area (Å²) >= 11 is 0. The third kappa shape index (κ3) is 6.77. The minimum absolute atomic E-state index is 0.0490. The molecule has 7 nitrogen and oxygen atoms in total. The van der Waals surface area contributed by atoms with Crippen molar-refractivity contribution in [2.75, 3.05) is 53.6 Å². The number of amides is 1. The summed E-state index contributed by atoms with van der Waals surface area (Å²) in [4.78, 5) is 14.8. The highest BCUT2D eigenvalue weighted by Crippen LogP contribution is 2.21. The van der Waals surface area contributed by atoms with Crippen LogP contribution in [0.5, 0.6) is 0 Å². The van der Waals surface area contributed by atoms with Crippen LogP contribution in [0.15, 0.2) is 29.2 Å². The average Bonchev–Trinajstić information content (AvgIpc) is 2.75. The van der Waals surface area contributed by atoms with Crippen LogP contribution in [0.1, 0.15) is 43.0 Å². The fourth-order valence-corrected chi connectivity index (χ4v) is 4.54. The van der Waals surface area contributed by atoms with E-state index in [1.807, 2.05) is 11.8 Å². The first-order valence-corrected chi connectivity index (χ1v) is 11.8. The predicted octanol–water partition coefficient (Wildman–Crippen LogP) is 2.62. The first kappa shape index (κ1) is 23.8. The molecule has 1 aromatic rings. The molecule has 1 heterocycles. The van der Waals surface area contributed by atoms with Crippen LogP contribution in [0.2, 0.25) is 0 Å². The number of sulfonamides is 1. The number of nitrogens with zero attached hydrogens (tertiary/aromatic N) is 2. The Bertz CT molecular complexity index is 728. The molecule has 8 heteroatoms. The van der Waals surface area contributed by atoms with Crippen molar-refractivity contribution in [3.8, 4) is 0 Å². The molecule has 1 fully saturated rings. The second-order valence-electron chi connectivity index (χ2n) is 7.51. The monoisotopic (exact) mass is 426 g/mol. The molecule has 0 N–H and O–H groups in total. The predicted molar refractivity (Wildman–Crippen MR) is 112 cm³/mol. The Balaban J connectivity index is 1.89. The Morgan fingerprint density at radius 3 is 2.41 bits per heavy atom. The molecule has 1 aliphatic rings. The van der Waals surface area contributed by atoms with Crippen LogP contribution in [0, 0.1) is 5.92 Å². The summed E-state index contributed by atoms with van der Waals surface area (Å²) in [6.07, 6.45) is 3.57. The van der Waals surface area contributed by atoms with Crippen molar-refractivity contribution in [3.05, 3.63) is 29.8 Å². The molecule has 164 valence electrons. The van der Waals surface area contributed by atoms with E-state index < -0.39 is 10.0 Å². The highest BCUT2D eigenvalue weighted by Gasteiger charge is 2.25. The number of carbonyl (C=O) groups is 1. The van der Waals surface area contributed by atoms with E-state index in [1.54, 1.807) is 26.3 Å². The summed E-state index contributed by atoms with van der Waals surface area (Å²) in [5.41, 5.74) is 0.523. The Morgan fingerprint density at radius 1 is 1.17 bits per heavy atom. The maximum Gasteiger partial charge on any atom is 0.253 e. The van der Waals surface area contributed by atoms with Gasteiger partial charge < -0.3 is 14.4 Å². The zero-order valence-corrected chi connectivity index (χ0v) is 18.6. The number of methoxy groups -OCH3 is 1. The number of piperidine rings is 1. The van der Waals surface area contributed by atoms with Crippen LogP contribution < -0.4 is 0 Å². The topological polar surface area (TPSA) is 76.2 Å². The highest BCUT2D eigenvalue weighted by atomic mass is 32.2. The molecule has 0 atom stereocenters. The van der Waals surface area contributed by atoms with Gasteiger partial charge in [0.15, 0.2) is 0 Å². The molecule has 1 aliphatic heterocycles. The van der Waals surface area contributed by atoms with Crippen molar-refractivity contribution in [2.45, 2.75) is 37.5 Å². The molecular formula is C21H34N2O5S. The van der Waals surface area contributed by atoms with Gasteiger partial charge in [-0.3, -0.25) is 4.79 Å². The van der Waals surface area contributed by atoms with Crippen LogP contribution in [0.25, 0.3) is 0 Å². The molecule has 0 aromatic heterocycles. The smallest absolute Gasteiger partial charge is 0.253 e. The summed E-state index contributed by atoms with van der Waals surface area (Å²) in [7, 11) is -0.270. The van der Waals surface area contributed by atoms with Gasteiger partial charge in [0.1, 0.15) is 0 Å². The van der Waals surface area contributed by atoms with Crippen molar-refractivity contribution in [2.24, 2.45) is 5.92 Å². The Labute approximate surface area is 175 Å². The molecule has 0 saturated carbocycles. The van der Waals surface area contributed by atoms with Gasteiger partial charge in [0.05, 0.1) is 18.1 Å². The number of rotatable bonds is 11. The summed E-state index contributed by atoms with van der Waals surface area (Å²) in [6, 6.07) is 6.29. The lowest BCUT2D eigenvalue weighted by molar-refractivity contribution is 0.0327. The number of unbranched alkanes of at least 4 members (excludes halogenated alkanes) is 1. The third-order valence-electron chi connectivity index (χ3n) is 5.32. The van der Waals surface area contributed by atoms with E-state index >= 15 is 0 Å². The van der Waals surface area contributed by atoms with E-state index in [0.29, 0.717) is 50.9 Å². The highest BCUT2D eigenvalue weighted by molar-refractivity contribution is 7.89. The van der Waals surface area contributed by atoms with E-state index in [9.17, 15) is 13.2 Å². The number of benzene rings is 1. The molecule has 0 bridgehead atoms. The van der Waals surface area contributed by atoms with Crippen LogP contribution >= 0.6 is 0 Å². The Hall–Kier alpha value is -1.48. The average molecular weight is 427 g/mol. The van der Waals surface area contributed by atoms with Crippen molar-refractivity contribution in [3.63, 3.8) is 0 Å². The van der Waals surface area contributed by atoms with E-state index in [4.69, 9.17) is 9.47 Å². The van der Waals surface area contributed by atoms with Crippen molar-refractivity contribution in [1.82, 2.24) is 9.21 Å². The lowest BCUT2D eigenvalue weighted by Gasteiger charge is -2.32. The van der Waals surface area contributed by atoms with E-state index in [-0.39, 0.29) is 10.8 Å². The minimum atomic E-state index is -3.51. The molecule has 2 rings (SSSR count). The zero-order chi connectivity index (χ0) is 21.3. The molecule has 0 unspecified atom stereocenters. The fourth-order valence-electron chi connectivity index (χ4n) is 3.33. The molecule has 1 amide bonds. The van der Waals surface area contributed by atoms with Gasteiger partial charge in [-0.1, -0.05) is 13.3 Å². The zero-order valence-electron chi connectivity index (χ0n) is 17.8. The van der Waals surface area contributed by atoms with Crippen LogP contribution in [-0.4, -0.2) is 77.1 Å². The molecular weight excluding hydrogens is 392 g/mol. The third-order valence-corrected chi connectivity index (χ3v) is 7.19. The lowest BCUT2D eigenvalue weighted by Crippen LogP contribution is -2.39. The van der Waals surface area contributed by atoms with Crippen molar-refractivity contribution >= 4 is 15.9 Å². The molecule has 1 aromatic carbocycles. The summed E-state index contributed by atoms with van der Waals surface area (Å²) < 4.78 is 37.1. The second-order valence-corrected chi connectivity index (χ2v) is 9.55. The first-order chi connectivity index (χ1) is 13.9. The van der Waals surface area contributed by atoms with Gasteiger partial charge in [0.2, 0.25) is 10.0 Å². The van der Waals surface area contributed by atoms with Crippen molar-refractivity contribution < 1.29 is 22.7 Å². The maximum atomic E-state index is 12.8. The largest absolute Gasteiger partial charge is 0.382 e. The number of carbonyl (C=O) groups excluding carboxylic acids is 1. The first-order valence-electron chi connectivity index (χ1n) is 10.3. The van der Waals surface area contributed by atoms with E-state index in [1.165, 1.54) is 16.4 Å². The second kappa shape index (κ2) is 11.6. The quantitative estimate of drug-likeness (QED) is 0.509. The van der Waals surface area contributed by atoms with Crippen LogP contribution in [-0.2, 0) is 19.5 Å². The SMILES string of the molecule is CCCCN(C)S(=O)(=O)c1ccc(C(=O)N2CCC(COCCOC)CC2)cc1. The lowest BCUT2D eigenvalue weighted by atomic mass is 9.97. The van der Waals surface area contributed by atoms with Crippen molar-refractivity contribution in [1.29, 1.82) is 0 Å². The van der Waals surface area contributed by atoms with Gasteiger partial charge in [0.25, 0.3) is 5.91 Å². The van der Waals surface area contributed by atoms with Gasteiger partial charge in [0, 0.05) is 46.0 Å². The number of hydrogen-bond donors (Lipinski definition) is 0. The molecule has 1 saturated heterocycles. The normalized spacial score (nSPS) is 15.8. The van der Waals surface area contributed by atoms with Crippen LogP contribution in [0.3, 0.4) is 0 Å². The van der Waals surface area contributed by atoms with E-state index in [2.05, 4.69) is 0 Å². The molecule has 0 spiro atoms. The number of hydrogen-bond acceptors (Lipinski definition) is 5. The Kier molecular flexibility index (Phi) is 9.55. The van der Waals surface area contributed by atoms with Gasteiger partial charge in [-0.25, -0.2) is 12.7 Å². The summed E-state index contributed by atoms with van der Waals surface area (Å²) in [5.74, 6) is 0.411. The van der Waals surface area contributed by atoms with Gasteiger partial charge in [-0.2, -0.15) is 0 Å². The van der Waals surface area contributed by atoms with Crippen LogP contribution in [0.4, 0.5) is 0 Å². The standard InChI is InChI=1S/C21H34N2O5S/c1-4-5-12-22(2)29(25,26)20-8-6-19(7-9-20)21(24)23-13-10-18(11-14-23)17-28-16-15-27-3/h6-9,18H,4-5,10-17H2,1-3H3. The number of ether oxygens (including phenoxy) is 2. The summed E-state index contributed by atoms with van der Waals surface area (Å²) in [5, 5.41) is 0. The fraction of sp³-hybridized carbons (Fsp3) is 0.667. The minimum Gasteiger partial charge on any atom is -0.382 e. The van der Waals surface area contributed by atoms with E-state index in [0.717, 1.165) is 25.7 Å². The molecule has 0 radical (unpaired) electrons. The van der Waals surface area contributed by atoms with Gasteiger partial charge in [-0.15, -0.1) is 0 Å². The van der Waals surface area contributed by atoms with Gasteiger partial charge in [-0.05, 0) is 49.4 Å². The molecule has 29 heavy (non-hydrogen) atoms. The summed E-state index contributed by atoms with van der Waals surface area (Å²) in [6.45, 7) is 5.79. The number of likely N-dealkylation sites (tertiary alicyclic amines) is 1. The maximum absolute atomic E-state index is 12.8.